The van der Waals surface area contributed by atoms with Crippen molar-refractivity contribution in [3.05, 3.63) is 0 Å². The lowest BCUT2D eigenvalue weighted by Crippen LogP contribution is -2.26. The van der Waals surface area contributed by atoms with Crippen LogP contribution in [-0.4, -0.2) is 13.1 Å². The van der Waals surface area contributed by atoms with Crippen LogP contribution in [0.5, 0.6) is 0 Å². The molecule has 0 aromatic rings. The first-order chi connectivity index (χ1) is 5.74. The van der Waals surface area contributed by atoms with E-state index in [-0.39, 0.29) is 5.92 Å². The van der Waals surface area contributed by atoms with E-state index in [4.69, 9.17) is 5.26 Å². The minimum atomic E-state index is 0.138. The largest absolute Gasteiger partial charge is 0.315 e. The highest BCUT2D eigenvalue weighted by Gasteiger charge is 2.03. The number of nitriles is 1. The molecule has 0 heterocycles. The van der Waals surface area contributed by atoms with Gasteiger partial charge in [-0.3, -0.25) is 0 Å². The van der Waals surface area contributed by atoms with Crippen molar-refractivity contribution >= 4 is 0 Å². The normalized spacial score (nSPS) is 12.9. The van der Waals surface area contributed by atoms with Crippen LogP contribution in [0.25, 0.3) is 0 Å². The zero-order valence-corrected chi connectivity index (χ0v) is 8.43. The van der Waals surface area contributed by atoms with Gasteiger partial charge in [-0.1, -0.05) is 26.7 Å². The molecule has 1 N–H and O–H groups in total. The van der Waals surface area contributed by atoms with Gasteiger partial charge in [-0.25, -0.2) is 0 Å². The second-order valence-electron chi connectivity index (χ2n) is 3.37. The number of hydrogen-bond donors (Lipinski definition) is 1. The van der Waals surface area contributed by atoms with Crippen LogP contribution in [0.1, 0.15) is 33.6 Å². The van der Waals surface area contributed by atoms with Gasteiger partial charge < -0.3 is 5.32 Å². The van der Waals surface area contributed by atoms with Gasteiger partial charge in [0, 0.05) is 6.54 Å². The Balaban J connectivity index is 3.36. The van der Waals surface area contributed by atoms with Gasteiger partial charge >= 0.3 is 0 Å². The van der Waals surface area contributed by atoms with Gasteiger partial charge in [-0.15, -0.1) is 0 Å². The average Bonchev–Trinajstić information content (AvgIpc) is 2.12. The zero-order chi connectivity index (χ0) is 9.40. The summed E-state index contributed by atoms with van der Waals surface area (Å²) in [5, 5.41) is 11.8. The smallest absolute Gasteiger partial charge is 0.0666 e. The molecule has 70 valence electrons. The third-order valence-corrected chi connectivity index (χ3v) is 2.26. The third-order valence-electron chi connectivity index (χ3n) is 2.26. The summed E-state index contributed by atoms with van der Waals surface area (Å²) in [6.45, 7) is 8.25. The van der Waals surface area contributed by atoms with Crippen molar-refractivity contribution in [1.29, 1.82) is 5.26 Å². The van der Waals surface area contributed by atoms with Crippen molar-refractivity contribution in [2.24, 2.45) is 11.8 Å². The van der Waals surface area contributed by atoms with Crippen molar-refractivity contribution in [3.8, 4) is 6.07 Å². The fourth-order valence-electron chi connectivity index (χ4n) is 1.13. The number of nitrogens with zero attached hydrogens (tertiary/aromatic N) is 1. The van der Waals surface area contributed by atoms with E-state index in [1.54, 1.807) is 0 Å². The molecule has 0 fully saturated rings. The van der Waals surface area contributed by atoms with Gasteiger partial charge in [0.1, 0.15) is 0 Å². The van der Waals surface area contributed by atoms with E-state index in [1.807, 2.05) is 6.92 Å². The van der Waals surface area contributed by atoms with Crippen LogP contribution in [0.15, 0.2) is 0 Å². The Morgan fingerprint density at radius 3 is 2.25 bits per heavy atom. The summed E-state index contributed by atoms with van der Waals surface area (Å²) in [6, 6.07) is 2.21. The predicted molar refractivity (Wildman–Crippen MR) is 51.7 cm³/mol. The molecular weight excluding hydrogens is 148 g/mol. The molecule has 1 unspecified atom stereocenters. The van der Waals surface area contributed by atoms with Crippen LogP contribution in [0, 0.1) is 23.2 Å². The Bertz CT molecular complexity index is 133. The molecule has 0 aromatic heterocycles. The van der Waals surface area contributed by atoms with E-state index < -0.39 is 0 Å². The lowest BCUT2D eigenvalue weighted by Gasteiger charge is -2.13. The molecule has 2 nitrogen and oxygen atoms in total. The van der Waals surface area contributed by atoms with Gasteiger partial charge in [0.2, 0.25) is 0 Å². The molecule has 0 bridgehead atoms. The number of rotatable bonds is 6. The third kappa shape index (κ3) is 5.15. The molecule has 2 heteroatoms. The van der Waals surface area contributed by atoms with E-state index in [1.165, 1.54) is 12.8 Å². The molecule has 1 atom stereocenters. The zero-order valence-electron chi connectivity index (χ0n) is 8.43. The molecule has 0 saturated heterocycles. The Kier molecular flexibility index (Phi) is 6.79. The molecule has 0 amide bonds. The van der Waals surface area contributed by atoms with E-state index in [9.17, 15) is 0 Å². The first-order valence-electron chi connectivity index (χ1n) is 4.84. The van der Waals surface area contributed by atoms with Crippen molar-refractivity contribution in [2.75, 3.05) is 13.1 Å². The summed E-state index contributed by atoms with van der Waals surface area (Å²) in [6.07, 6.45) is 2.45. The monoisotopic (exact) mass is 168 g/mol. The van der Waals surface area contributed by atoms with Crippen molar-refractivity contribution in [3.63, 3.8) is 0 Å². The van der Waals surface area contributed by atoms with Crippen LogP contribution in [0.3, 0.4) is 0 Å². The summed E-state index contributed by atoms with van der Waals surface area (Å²) in [4.78, 5) is 0. The predicted octanol–water partition coefficient (Wildman–Crippen LogP) is 2.17. The SMILES string of the molecule is CCC(CC)CNCC(C)C#N. The lowest BCUT2D eigenvalue weighted by atomic mass is 10.0. The summed E-state index contributed by atoms with van der Waals surface area (Å²) in [7, 11) is 0. The number of hydrogen-bond acceptors (Lipinski definition) is 2. The Hall–Kier alpha value is -0.550. The maximum atomic E-state index is 8.52. The van der Waals surface area contributed by atoms with Crippen LogP contribution in [0.2, 0.25) is 0 Å². The van der Waals surface area contributed by atoms with Gasteiger partial charge in [0.15, 0.2) is 0 Å². The molecule has 0 spiro atoms. The quantitative estimate of drug-likeness (QED) is 0.659. The molecule has 0 aliphatic carbocycles. The van der Waals surface area contributed by atoms with Gasteiger partial charge in [-0.2, -0.15) is 5.26 Å². The molecular formula is C10H20N2. The van der Waals surface area contributed by atoms with Crippen LogP contribution < -0.4 is 5.32 Å². The fourth-order valence-corrected chi connectivity index (χ4v) is 1.13. The van der Waals surface area contributed by atoms with E-state index in [0.29, 0.717) is 0 Å². The maximum absolute atomic E-state index is 8.52. The van der Waals surface area contributed by atoms with E-state index in [2.05, 4.69) is 25.2 Å². The van der Waals surface area contributed by atoms with Crippen LogP contribution in [0.4, 0.5) is 0 Å². The highest BCUT2D eigenvalue weighted by atomic mass is 14.9. The van der Waals surface area contributed by atoms with Gasteiger partial charge in [0.05, 0.1) is 12.0 Å². The molecule has 0 rings (SSSR count). The minimum absolute atomic E-state index is 0.138. The Morgan fingerprint density at radius 2 is 1.83 bits per heavy atom. The summed E-state index contributed by atoms with van der Waals surface area (Å²) in [5.41, 5.74) is 0. The first kappa shape index (κ1) is 11.4. The molecule has 0 aromatic carbocycles. The topological polar surface area (TPSA) is 35.8 Å². The molecule has 12 heavy (non-hydrogen) atoms. The summed E-state index contributed by atoms with van der Waals surface area (Å²) >= 11 is 0. The van der Waals surface area contributed by atoms with Crippen molar-refractivity contribution in [1.82, 2.24) is 5.32 Å². The van der Waals surface area contributed by atoms with Gasteiger partial charge in [0.25, 0.3) is 0 Å². The first-order valence-corrected chi connectivity index (χ1v) is 4.84. The Labute approximate surface area is 76.0 Å². The second kappa shape index (κ2) is 7.12. The number of nitrogens with one attached hydrogen (secondary N) is 1. The average molecular weight is 168 g/mol. The van der Waals surface area contributed by atoms with Crippen LogP contribution >= 0.6 is 0 Å². The molecule has 0 radical (unpaired) electrons. The summed E-state index contributed by atoms with van der Waals surface area (Å²) < 4.78 is 0. The highest BCUT2D eigenvalue weighted by molar-refractivity contribution is 4.80. The molecule has 0 saturated carbocycles. The molecule has 0 aliphatic heterocycles. The Morgan fingerprint density at radius 1 is 1.25 bits per heavy atom. The highest BCUT2D eigenvalue weighted by Crippen LogP contribution is 2.05. The molecule has 0 aliphatic rings. The van der Waals surface area contributed by atoms with Crippen LogP contribution in [-0.2, 0) is 0 Å². The van der Waals surface area contributed by atoms with Crippen molar-refractivity contribution < 1.29 is 0 Å². The lowest BCUT2D eigenvalue weighted by molar-refractivity contribution is 0.439. The minimum Gasteiger partial charge on any atom is -0.315 e. The maximum Gasteiger partial charge on any atom is 0.0666 e. The van der Waals surface area contributed by atoms with E-state index >= 15 is 0 Å². The standard InChI is InChI=1S/C10H20N2/c1-4-10(5-2)8-12-7-9(3)6-11/h9-10,12H,4-5,7-8H2,1-3H3. The van der Waals surface area contributed by atoms with Gasteiger partial charge in [-0.05, 0) is 19.4 Å². The van der Waals surface area contributed by atoms with E-state index in [0.717, 1.165) is 19.0 Å². The fraction of sp³-hybridized carbons (Fsp3) is 0.900. The summed E-state index contributed by atoms with van der Waals surface area (Å²) in [5.74, 6) is 0.912. The van der Waals surface area contributed by atoms with Crippen molar-refractivity contribution in [2.45, 2.75) is 33.6 Å². The second-order valence-corrected chi connectivity index (χ2v) is 3.37.